The zero-order chi connectivity index (χ0) is 16.9. The number of unbranched alkanes of at least 4 members (excludes halogenated alkanes) is 3. The van der Waals surface area contributed by atoms with Crippen LogP contribution in [0.3, 0.4) is 0 Å². The van der Waals surface area contributed by atoms with E-state index in [4.69, 9.17) is 12.8 Å². The van der Waals surface area contributed by atoms with E-state index in [1.807, 2.05) is 12.1 Å². The fourth-order valence-electron chi connectivity index (χ4n) is 3.24. The highest BCUT2D eigenvalue weighted by Crippen LogP contribution is 2.31. The summed E-state index contributed by atoms with van der Waals surface area (Å²) in [7, 11) is 0. The fraction of sp³-hybridized carbons (Fsp3) is 0.273. The second-order valence-electron chi connectivity index (χ2n) is 6.01. The Kier molecular flexibility index (Phi) is 5.29. The Morgan fingerprint density at radius 1 is 0.792 bits per heavy atom. The van der Waals surface area contributed by atoms with E-state index in [1.165, 1.54) is 47.5 Å². The van der Waals surface area contributed by atoms with Crippen LogP contribution in [0, 0.1) is 24.7 Å². The topological polar surface area (TPSA) is 4.93 Å². The summed E-state index contributed by atoms with van der Waals surface area (Å²) < 4.78 is 2.40. The second kappa shape index (κ2) is 7.61. The molecule has 3 rings (SSSR count). The van der Waals surface area contributed by atoms with Crippen LogP contribution in [0.1, 0.15) is 36.8 Å². The molecule has 2 heteroatoms. The summed E-state index contributed by atoms with van der Waals surface area (Å²) in [5, 5.41) is 3.47. The van der Waals surface area contributed by atoms with Crippen molar-refractivity contribution in [1.29, 1.82) is 0 Å². The number of fused-ring (bicyclic) bond motifs is 3. The summed E-state index contributed by atoms with van der Waals surface area (Å²) in [6, 6.07) is 12.5. The van der Waals surface area contributed by atoms with Gasteiger partial charge in [0.15, 0.2) is 0 Å². The van der Waals surface area contributed by atoms with Crippen LogP contribution in [0.2, 0.25) is 0 Å². The molecule has 0 N–H and O–H groups in total. The first-order valence-corrected chi connectivity index (χ1v) is 9.46. The zero-order valence-electron chi connectivity index (χ0n) is 13.7. The predicted octanol–water partition coefficient (Wildman–Crippen LogP) is 5.71. The van der Waals surface area contributed by atoms with Crippen molar-refractivity contribution in [2.75, 3.05) is 5.33 Å². The van der Waals surface area contributed by atoms with Crippen LogP contribution in [0.5, 0.6) is 0 Å². The summed E-state index contributed by atoms with van der Waals surface area (Å²) >= 11 is 3.49. The van der Waals surface area contributed by atoms with Gasteiger partial charge in [0.25, 0.3) is 0 Å². The molecule has 3 aromatic rings. The quantitative estimate of drug-likeness (QED) is 0.294. The Labute approximate surface area is 152 Å². The van der Waals surface area contributed by atoms with E-state index in [-0.39, 0.29) is 0 Å². The number of hydrogen-bond acceptors (Lipinski definition) is 0. The van der Waals surface area contributed by atoms with Crippen molar-refractivity contribution in [3.8, 4) is 24.7 Å². The summed E-state index contributed by atoms with van der Waals surface area (Å²) in [5.41, 5.74) is 4.28. The van der Waals surface area contributed by atoms with Gasteiger partial charge in [-0.25, -0.2) is 0 Å². The number of terminal acetylenes is 2. The van der Waals surface area contributed by atoms with E-state index in [2.05, 4.69) is 56.6 Å². The molecule has 0 unspecified atom stereocenters. The number of benzene rings is 2. The lowest BCUT2D eigenvalue weighted by atomic mass is 10.1. The molecule has 0 saturated carbocycles. The molecule has 120 valence electrons. The Morgan fingerprint density at radius 2 is 1.33 bits per heavy atom. The molecular formula is C22H20BrN. The molecule has 24 heavy (non-hydrogen) atoms. The standard InChI is InChI=1S/C22H20BrN/c1-3-17-9-11-21-19(15-17)20-16-18(4-2)10-12-22(20)24(21)14-8-6-5-7-13-23/h1-2,9-12,15-16H,5-8,13-14H2. The molecule has 1 nitrogen and oxygen atoms in total. The Balaban J connectivity index is 2.05. The molecule has 0 aliphatic heterocycles. The number of aryl methyl sites for hydroxylation is 1. The van der Waals surface area contributed by atoms with Crippen LogP contribution in [-0.4, -0.2) is 9.90 Å². The average Bonchev–Trinajstić information content (AvgIpc) is 2.94. The monoisotopic (exact) mass is 377 g/mol. The molecule has 0 fully saturated rings. The van der Waals surface area contributed by atoms with Gasteiger partial charge in [0, 0.05) is 44.8 Å². The summed E-state index contributed by atoms with van der Waals surface area (Å²) in [6.07, 6.45) is 16.1. The minimum absolute atomic E-state index is 0.907. The highest BCUT2D eigenvalue weighted by molar-refractivity contribution is 9.09. The van der Waals surface area contributed by atoms with Gasteiger partial charge in [-0.1, -0.05) is 40.6 Å². The molecule has 0 aliphatic carbocycles. The molecule has 0 radical (unpaired) electrons. The van der Waals surface area contributed by atoms with Crippen LogP contribution in [0.4, 0.5) is 0 Å². The number of nitrogens with zero attached hydrogens (tertiary/aromatic N) is 1. The van der Waals surface area contributed by atoms with Crippen molar-refractivity contribution in [2.45, 2.75) is 32.2 Å². The van der Waals surface area contributed by atoms with Gasteiger partial charge < -0.3 is 4.57 Å². The zero-order valence-corrected chi connectivity index (χ0v) is 15.3. The van der Waals surface area contributed by atoms with Crippen molar-refractivity contribution in [3.63, 3.8) is 0 Å². The predicted molar refractivity (Wildman–Crippen MR) is 108 cm³/mol. The first-order valence-electron chi connectivity index (χ1n) is 8.33. The lowest BCUT2D eigenvalue weighted by molar-refractivity contribution is 0.605. The largest absolute Gasteiger partial charge is 0.340 e. The molecule has 0 aliphatic rings. The molecule has 0 bridgehead atoms. The smallest absolute Gasteiger partial charge is 0.0492 e. The Morgan fingerprint density at radius 3 is 1.83 bits per heavy atom. The maximum Gasteiger partial charge on any atom is 0.0492 e. The highest BCUT2D eigenvalue weighted by Gasteiger charge is 2.11. The molecule has 0 atom stereocenters. The number of rotatable bonds is 6. The third kappa shape index (κ3) is 3.21. The lowest BCUT2D eigenvalue weighted by Crippen LogP contribution is -1.98. The van der Waals surface area contributed by atoms with Crippen LogP contribution in [-0.2, 0) is 6.54 Å². The second-order valence-corrected chi connectivity index (χ2v) is 6.80. The molecular weight excluding hydrogens is 358 g/mol. The fourth-order valence-corrected chi connectivity index (χ4v) is 3.64. The Bertz CT molecular complexity index is 879. The van der Waals surface area contributed by atoms with Crippen LogP contribution < -0.4 is 0 Å². The molecule has 0 amide bonds. The minimum Gasteiger partial charge on any atom is -0.340 e. The summed E-state index contributed by atoms with van der Waals surface area (Å²) in [4.78, 5) is 0. The number of hydrogen-bond donors (Lipinski definition) is 0. The van der Waals surface area contributed by atoms with E-state index in [9.17, 15) is 0 Å². The van der Waals surface area contributed by atoms with Gasteiger partial charge in [-0.05, 0) is 49.2 Å². The van der Waals surface area contributed by atoms with Crippen LogP contribution in [0.25, 0.3) is 21.8 Å². The molecule has 1 heterocycles. The van der Waals surface area contributed by atoms with Crippen molar-refractivity contribution >= 4 is 37.7 Å². The van der Waals surface area contributed by atoms with Gasteiger partial charge >= 0.3 is 0 Å². The van der Waals surface area contributed by atoms with Gasteiger partial charge in [0.2, 0.25) is 0 Å². The molecule has 2 aromatic carbocycles. The first kappa shape index (κ1) is 16.7. The highest BCUT2D eigenvalue weighted by atomic mass is 79.9. The lowest BCUT2D eigenvalue weighted by Gasteiger charge is -2.07. The van der Waals surface area contributed by atoms with Gasteiger partial charge in [-0.3, -0.25) is 0 Å². The van der Waals surface area contributed by atoms with Crippen molar-refractivity contribution in [1.82, 2.24) is 4.57 Å². The number of halogens is 1. The Hall–Kier alpha value is -2.16. The van der Waals surface area contributed by atoms with E-state index in [1.54, 1.807) is 0 Å². The average molecular weight is 378 g/mol. The molecule has 0 saturated heterocycles. The van der Waals surface area contributed by atoms with Crippen molar-refractivity contribution in [3.05, 3.63) is 47.5 Å². The van der Waals surface area contributed by atoms with Gasteiger partial charge in [0.1, 0.15) is 0 Å². The summed E-state index contributed by atoms with van der Waals surface area (Å²) in [6.45, 7) is 1.02. The molecule has 0 spiro atoms. The van der Waals surface area contributed by atoms with Crippen LogP contribution >= 0.6 is 15.9 Å². The van der Waals surface area contributed by atoms with Crippen molar-refractivity contribution < 1.29 is 0 Å². The summed E-state index contributed by atoms with van der Waals surface area (Å²) in [5.74, 6) is 5.47. The third-order valence-corrected chi connectivity index (χ3v) is 5.02. The third-order valence-electron chi connectivity index (χ3n) is 4.46. The minimum atomic E-state index is 0.907. The van der Waals surface area contributed by atoms with Gasteiger partial charge in [-0.15, -0.1) is 12.8 Å². The maximum absolute atomic E-state index is 5.58. The number of alkyl halides is 1. The van der Waals surface area contributed by atoms with Crippen LogP contribution in [0.15, 0.2) is 36.4 Å². The normalized spacial score (nSPS) is 10.8. The number of aromatic nitrogens is 1. The van der Waals surface area contributed by atoms with Gasteiger partial charge in [0.05, 0.1) is 0 Å². The van der Waals surface area contributed by atoms with Crippen molar-refractivity contribution in [2.24, 2.45) is 0 Å². The first-order chi connectivity index (χ1) is 11.8. The van der Waals surface area contributed by atoms with E-state index >= 15 is 0 Å². The van der Waals surface area contributed by atoms with E-state index in [0.29, 0.717) is 0 Å². The van der Waals surface area contributed by atoms with E-state index in [0.717, 1.165) is 23.0 Å². The van der Waals surface area contributed by atoms with Gasteiger partial charge in [-0.2, -0.15) is 0 Å². The molecule has 1 aromatic heterocycles. The maximum atomic E-state index is 5.58. The van der Waals surface area contributed by atoms with E-state index < -0.39 is 0 Å². The SMILES string of the molecule is C#Cc1ccc2c(c1)c1cc(C#C)ccc1n2CCCCCCBr.